The lowest BCUT2D eigenvalue weighted by Crippen LogP contribution is -2.47. The molecule has 2 aliphatic heterocycles. The van der Waals surface area contributed by atoms with Crippen molar-refractivity contribution in [1.82, 2.24) is 15.2 Å². The Morgan fingerprint density at radius 3 is 2.68 bits per heavy atom. The molecule has 0 bridgehead atoms. The summed E-state index contributed by atoms with van der Waals surface area (Å²) in [6.45, 7) is 1.59. The molecule has 0 unspecified atom stereocenters. The Balaban J connectivity index is 1.54. The minimum absolute atomic E-state index is 0.0197. The number of alkyl halides is 2. The van der Waals surface area contributed by atoms with Gasteiger partial charge in [0.05, 0.1) is 12.6 Å². The van der Waals surface area contributed by atoms with E-state index >= 15 is 0 Å². The minimum atomic E-state index is -2.31. The highest BCUT2D eigenvalue weighted by Gasteiger charge is 2.32. The van der Waals surface area contributed by atoms with Crippen LogP contribution in [0.4, 0.5) is 8.78 Å². The fourth-order valence-electron chi connectivity index (χ4n) is 3.68. The van der Waals surface area contributed by atoms with Crippen LogP contribution in [0.15, 0.2) is 24.5 Å². The van der Waals surface area contributed by atoms with Gasteiger partial charge in [-0.25, -0.2) is 8.78 Å². The van der Waals surface area contributed by atoms with Gasteiger partial charge in [-0.05, 0) is 56.5 Å². The van der Waals surface area contributed by atoms with Crippen molar-refractivity contribution in [1.29, 1.82) is 0 Å². The Hall–Kier alpha value is -1.60. The molecule has 138 valence electrons. The van der Waals surface area contributed by atoms with Crippen LogP contribution >= 0.6 is 0 Å². The summed E-state index contributed by atoms with van der Waals surface area (Å²) in [6, 6.07) is 3.78. The van der Waals surface area contributed by atoms with Crippen LogP contribution in [-0.4, -0.2) is 54.5 Å². The number of hydrogen-bond acceptors (Lipinski definition) is 4. The highest BCUT2D eigenvalue weighted by Crippen LogP contribution is 2.29. The molecule has 0 spiro atoms. The number of piperidine rings is 1. The van der Waals surface area contributed by atoms with Crippen LogP contribution in [0.3, 0.4) is 0 Å². The van der Waals surface area contributed by atoms with E-state index in [1.165, 1.54) is 0 Å². The lowest BCUT2D eigenvalue weighted by Gasteiger charge is -2.35. The van der Waals surface area contributed by atoms with E-state index in [9.17, 15) is 13.6 Å². The lowest BCUT2D eigenvalue weighted by atomic mass is 9.93. The van der Waals surface area contributed by atoms with Crippen LogP contribution in [0, 0.1) is 5.92 Å². The molecule has 25 heavy (non-hydrogen) atoms. The summed E-state index contributed by atoms with van der Waals surface area (Å²) < 4.78 is 30.8. The van der Waals surface area contributed by atoms with Gasteiger partial charge in [-0.15, -0.1) is 0 Å². The molecule has 2 aliphatic rings. The van der Waals surface area contributed by atoms with Crippen molar-refractivity contribution in [2.45, 2.75) is 44.3 Å². The van der Waals surface area contributed by atoms with Crippen LogP contribution in [0.1, 0.15) is 37.4 Å². The van der Waals surface area contributed by atoms with Crippen molar-refractivity contribution in [3.05, 3.63) is 30.1 Å². The largest absolute Gasteiger partial charge is 0.371 e. The number of pyridine rings is 1. The molecule has 3 heterocycles. The molecule has 1 amide bonds. The molecule has 0 radical (unpaired) electrons. The van der Waals surface area contributed by atoms with Crippen molar-refractivity contribution >= 4 is 5.91 Å². The van der Waals surface area contributed by atoms with Gasteiger partial charge in [-0.1, -0.05) is 0 Å². The van der Waals surface area contributed by atoms with Crippen molar-refractivity contribution in [2.75, 3.05) is 26.2 Å². The van der Waals surface area contributed by atoms with Gasteiger partial charge in [0.1, 0.15) is 6.10 Å². The molecule has 2 saturated heterocycles. The number of carbonyl (C=O) groups is 1. The SMILES string of the molecule is O=C(N[C@H]1CCCO[C@@H]1c1ccncc1)C1CCN(CC(F)F)CC1. The molecule has 3 rings (SSSR count). The zero-order chi connectivity index (χ0) is 17.6. The predicted octanol–water partition coefficient (Wildman–Crippen LogP) is 2.40. The number of hydrogen-bond donors (Lipinski definition) is 1. The molecule has 7 heteroatoms. The smallest absolute Gasteiger partial charge is 0.251 e. The van der Waals surface area contributed by atoms with E-state index in [-0.39, 0.29) is 30.5 Å². The first kappa shape index (κ1) is 18.2. The fraction of sp³-hybridized carbons (Fsp3) is 0.667. The minimum Gasteiger partial charge on any atom is -0.371 e. The van der Waals surface area contributed by atoms with Crippen molar-refractivity contribution < 1.29 is 18.3 Å². The van der Waals surface area contributed by atoms with Crippen LogP contribution in [0.2, 0.25) is 0 Å². The molecular weight excluding hydrogens is 328 g/mol. The number of amides is 1. The highest BCUT2D eigenvalue weighted by atomic mass is 19.3. The van der Waals surface area contributed by atoms with E-state index in [4.69, 9.17) is 4.74 Å². The molecule has 0 aromatic carbocycles. The van der Waals surface area contributed by atoms with Crippen LogP contribution < -0.4 is 5.32 Å². The summed E-state index contributed by atoms with van der Waals surface area (Å²) in [5.41, 5.74) is 1.02. The van der Waals surface area contributed by atoms with E-state index in [0.717, 1.165) is 18.4 Å². The Morgan fingerprint density at radius 2 is 2.00 bits per heavy atom. The molecule has 5 nitrogen and oxygen atoms in total. The van der Waals surface area contributed by atoms with Crippen molar-refractivity contribution in [3.63, 3.8) is 0 Å². The fourth-order valence-corrected chi connectivity index (χ4v) is 3.68. The molecule has 2 fully saturated rings. The lowest BCUT2D eigenvalue weighted by molar-refractivity contribution is -0.129. The summed E-state index contributed by atoms with van der Waals surface area (Å²) in [5.74, 6) is -0.0832. The second-order valence-electron chi connectivity index (χ2n) is 6.80. The Labute approximate surface area is 146 Å². The first-order chi connectivity index (χ1) is 12.1. The van der Waals surface area contributed by atoms with Gasteiger partial charge < -0.3 is 10.1 Å². The number of carbonyl (C=O) groups excluding carboxylic acids is 1. The van der Waals surface area contributed by atoms with Gasteiger partial charge in [0.15, 0.2) is 0 Å². The second kappa shape index (κ2) is 8.67. The number of likely N-dealkylation sites (tertiary alicyclic amines) is 1. The van der Waals surface area contributed by atoms with Crippen LogP contribution in [0.25, 0.3) is 0 Å². The average molecular weight is 353 g/mol. The van der Waals surface area contributed by atoms with Gasteiger partial charge in [0, 0.05) is 24.9 Å². The monoisotopic (exact) mass is 353 g/mol. The topological polar surface area (TPSA) is 54.5 Å². The van der Waals surface area contributed by atoms with Gasteiger partial charge >= 0.3 is 0 Å². The Bertz CT molecular complexity index is 551. The van der Waals surface area contributed by atoms with Crippen LogP contribution in [-0.2, 0) is 9.53 Å². The number of halogens is 2. The summed E-state index contributed by atoms with van der Waals surface area (Å²) in [6.07, 6.45) is 4.04. The van der Waals surface area contributed by atoms with Gasteiger partial charge in [0.25, 0.3) is 6.43 Å². The number of nitrogens with zero attached hydrogens (tertiary/aromatic N) is 2. The van der Waals surface area contributed by atoms with E-state index in [1.807, 2.05) is 12.1 Å². The van der Waals surface area contributed by atoms with Gasteiger partial charge in [-0.2, -0.15) is 0 Å². The van der Waals surface area contributed by atoms with Crippen molar-refractivity contribution in [2.24, 2.45) is 5.92 Å². The Kier molecular flexibility index (Phi) is 6.31. The highest BCUT2D eigenvalue weighted by molar-refractivity contribution is 5.79. The van der Waals surface area contributed by atoms with E-state index in [2.05, 4.69) is 10.3 Å². The zero-order valence-corrected chi connectivity index (χ0v) is 14.2. The first-order valence-corrected chi connectivity index (χ1v) is 8.96. The number of rotatable bonds is 5. The maximum Gasteiger partial charge on any atom is 0.251 e. The molecule has 2 atom stereocenters. The average Bonchev–Trinajstić information content (AvgIpc) is 2.63. The third kappa shape index (κ3) is 4.95. The molecule has 1 N–H and O–H groups in total. The third-order valence-electron chi connectivity index (χ3n) is 5.04. The predicted molar refractivity (Wildman–Crippen MR) is 89.3 cm³/mol. The second-order valence-corrected chi connectivity index (χ2v) is 6.80. The van der Waals surface area contributed by atoms with E-state index in [1.54, 1.807) is 17.3 Å². The molecule has 1 aromatic heterocycles. The summed E-state index contributed by atoms with van der Waals surface area (Å²) >= 11 is 0. The quantitative estimate of drug-likeness (QED) is 0.883. The number of aromatic nitrogens is 1. The summed E-state index contributed by atoms with van der Waals surface area (Å²) in [7, 11) is 0. The molecule has 1 aromatic rings. The number of nitrogens with one attached hydrogen (secondary N) is 1. The standard InChI is InChI=1S/C18H25F2N3O2/c19-16(20)12-23-9-5-14(6-10-23)18(24)22-15-2-1-11-25-17(15)13-3-7-21-8-4-13/h3-4,7-8,14-17H,1-2,5-6,9-12H2,(H,22,24)/t15-,17+/m0/s1. The summed E-state index contributed by atoms with van der Waals surface area (Å²) in [4.78, 5) is 18.4. The molecular formula is C18H25F2N3O2. The maximum atomic E-state index is 12.6. The van der Waals surface area contributed by atoms with Crippen molar-refractivity contribution in [3.8, 4) is 0 Å². The summed E-state index contributed by atoms with van der Waals surface area (Å²) in [5, 5.41) is 3.14. The zero-order valence-electron chi connectivity index (χ0n) is 14.2. The third-order valence-corrected chi connectivity index (χ3v) is 5.04. The Morgan fingerprint density at radius 1 is 1.28 bits per heavy atom. The van der Waals surface area contributed by atoms with Gasteiger partial charge in [0.2, 0.25) is 5.91 Å². The van der Waals surface area contributed by atoms with Crippen LogP contribution in [0.5, 0.6) is 0 Å². The van der Waals surface area contributed by atoms with Gasteiger partial charge in [-0.3, -0.25) is 14.7 Å². The molecule has 0 aliphatic carbocycles. The van der Waals surface area contributed by atoms with E-state index in [0.29, 0.717) is 32.5 Å². The first-order valence-electron chi connectivity index (χ1n) is 8.96. The van der Waals surface area contributed by atoms with E-state index < -0.39 is 6.43 Å². The number of ether oxygens (including phenoxy) is 1. The normalized spacial score (nSPS) is 25.9. The maximum absolute atomic E-state index is 12.6. The molecule has 0 saturated carbocycles.